The van der Waals surface area contributed by atoms with Crippen molar-refractivity contribution in [1.29, 1.82) is 0 Å². The van der Waals surface area contributed by atoms with E-state index >= 15 is 0 Å². The summed E-state index contributed by atoms with van der Waals surface area (Å²) in [7, 11) is 1.54. The predicted molar refractivity (Wildman–Crippen MR) is 36.2 cm³/mol. The van der Waals surface area contributed by atoms with Gasteiger partial charge in [-0.3, -0.25) is 10.7 Å². The summed E-state index contributed by atoms with van der Waals surface area (Å²) in [5, 5.41) is 8.37. The molecule has 0 bridgehead atoms. The maximum atomic E-state index is 8.37. The van der Waals surface area contributed by atoms with Gasteiger partial charge in [-0.15, -0.1) is 0 Å². The molecule has 1 aromatic rings. The van der Waals surface area contributed by atoms with Gasteiger partial charge in [0.15, 0.2) is 0 Å². The Bertz CT molecular complexity index is 174. The lowest BCUT2D eigenvalue weighted by molar-refractivity contribution is 0.385. The Morgan fingerprint density at radius 2 is 2.40 bits per heavy atom. The van der Waals surface area contributed by atoms with E-state index in [0.29, 0.717) is 11.6 Å². The Morgan fingerprint density at radius 3 is 2.80 bits per heavy atom. The van der Waals surface area contributed by atoms with Crippen LogP contribution in [-0.2, 0) is 0 Å². The molecule has 0 spiro atoms. The Balaban J connectivity index is 2.80. The first-order chi connectivity index (χ1) is 4.86. The highest BCUT2D eigenvalue weighted by Gasteiger charge is 1.90. The Labute approximate surface area is 58.4 Å². The van der Waals surface area contributed by atoms with Crippen LogP contribution >= 0.6 is 0 Å². The van der Waals surface area contributed by atoms with Gasteiger partial charge in [0.2, 0.25) is 5.88 Å². The molecule has 1 rings (SSSR count). The van der Waals surface area contributed by atoms with Gasteiger partial charge in [-0.2, -0.15) is 0 Å². The lowest BCUT2D eigenvalue weighted by atomic mass is 10.4. The molecule has 54 valence electrons. The topological polar surface area (TPSA) is 54.4 Å². The van der Waals surface area contributed by atoms with E-state index in [1.54, 1.807) is 12.1 Å². The SMILES string of the molecule is COc1ccc(NO)cn1. The van der Waals surface area contributed by atoms with E-state index in [2.05, 4.69) is 4.98 Å². The van der Waals surface area contributed by atoms with E-state index in [9.17, 15) is 0 Å². The number of pyridine rings is 1. The van der Waals surface area contributed by atoms with Gasteiger partial charge in [-0.05, 0) is 6.07 Å². The summed E-state index contributed by atoms with van der Waals surface area (Å²) in [5.74, 6) is 0.527. The van der Waals surface area contributed by atoms with E-state index in [1.165, 1.54) is 13.3 Å². The quantitative estimate of drug-likeness (QED) is 0.599. The summed E-state index contributed by atoms with van der Waals surface area (Å²) in [6, 6.07) is 3.31. The maximum Gasteiger partial charge on any atom is 0.213 e. The molecule has 0 aliphatic rings. The molecule has 0 atom stereocenters. The van der Waals surface area contributed by atoms with Crippen molar-refractivity contribution in [2.75, 3.05) is 12.6 Å². The lowest BCUT2D eigenvalue weighted by Crippen LogP contribution is -1.91. The van der Waals surface area contributed by atoms with Crippen molar-refractivity contribution >= 4 is 5.69 Å². The van der Waals surface area contributed by atoms with E-state index < -0.39 is 0 Å². The van der Waals surface area contributed by atoms with Crippen molar-refractivity contribution in [2.45, 2.75) is 0 Å². The second-order valence-corrected chi connectivity index (χ2v) is 1.70. The number of hydrogen-bond donors (Lipinski definition) is 2. The van der Waals surface area contributed by atoms with Crippen LogP contribution in [0.15, 0.2) is 18.3 Å². The van der Waals surface area contributed by atoms with Crippen LogP contribution in [0.25, 0.3) is 0 Å². The monoisotopic (exact) mass is 140 g/mol. The van der Waals surface area contributed by atoms with Crippen LogP contribution in [0.1, 0.15) is 0 Å². The molecule has 4 heteroatoms. The van der Waals surface area contributed by atoms with Crippen molar-refractivity contribution in [1.82, 2.24) is 4.98 Å². The van der Waals surface area contributed by atoms with Gasteiger partial charge in [-0.25, -0.2) is 4.98 Å². The van der Waals surface area contributed by atoms with E-state index in [1.807, 2.05) is 5.48 Å². The van der Waals surface area contributed by atoms with Crippen molar-refractivity contribution in [3.8, 4) is 5.88 Å². The largest absolute Gasteiger partial charge is 0.481 e. The molecule has 0 radical (unpaired) electrons. The van der Waals surface area contributed by atoms with Crippen molar-refractivity contribution in [3.63, 3.8) is 0 Å². The van der Waals surface area contributed by atoms with Crippen molar-refractivity contribution in [3.05, 3.63) is 18.3 Å². The highest BCUT2D eigenvalue weighted by molar-refractivity contribution is 5.39. The highest BCUT2D eigenvalue weighted by atomic mass is 16.5. The summed E-state index contributed by atoms with van der Waals surface area (Å²) >= 11 is 0. The second-order valence-electron chi connectivity index (χ2n) is 1.70. The molecular formula is C6H8N2O2. The minimum Gasteiger partial charge on any atom is -0.481 e. The van der Waals surface area contributed by atoms with Gasteiger partial charge < -0.3 is 4.74 Å². The fourth-order valence-corrected chi connectivity index (χ4v) is 0.567. The molecule has 0 saturated heterocycles. The first kappa shape index (κ1) is 6.82. The van der Waals surface area contributed by atoms with Crippen molar-refractivity contribution in [2.24, 2.45) is 0 Å². The van der Waals surface area contributed by atoms with Gasteiger partial charge >= 0.3 is 0 Å². The molecule has 1 heterocycles. The smallest absolute Gasteiger partial charge is 0.213 e. The molecule has 0 aliphatic carbocycles. The Hall–Kier alpha value is -1.29. The standard InChI is InChI=1S/C6H8N2O2/c1-10-6-3-2-5(8-9)4-7-6/h2-4,8-9H,1H3. The number of ether oxygens (including phenoxy) is 1. The summed E-state index contributed by atoms with van der Waals surface area (Å²) in [6.45, 7) is 0. The van der Waals surface area contributed by atoms with E-state index in [4.69, 9.17) is 9.94 Å². The number of methoxy groups -OCH3 is 1. The molecule has 0 aliphatic heterocycles. The van der Waals surface area contributed by atoms with Crippen LogP contribution in [-0.4, -0.2) is 17.3 Å². The zero-order valence-electron chi connectivity index (χ0n) is 5.53. The molecule has 4 nitrogen and oxygen atoms in total. The fraction of sp³-hybridized carbons (Fsp3) is 0.167. The Kier molecular flexibility index (Phi) is 2.07. The summed E-state index contributed by atoms with van der Waals surface area (Å²) in [4.78, 5) is 3.82. The van der Waals surface area contributed by atoms with Crippen LogP contribution in [0, 0.1) is 0 Å². The summed E-state index contributed by atoms with van der Waals surface area (Å²) in [5.41, 5.74) is 2.50. The number of aromatic nitrogens is 1. The third-order valence-electron chi connectivity index (χ3n) is 1.07. The zero-order valence-corrected chi connectivity index (χ0v) is 5.53. The van der Waals surface area contributed by atoms with Gasteiger partial charge in [0.05, 0.1) is 19.0 Å². The molecule has 0 fully saturated rings. The minimum absolute atomic E-state index is 0.527. The zero-order chi connectivity index (χ0) is 7.40. The molecule has 0 saturated carbocycles. The Morgan fingerprint density at radius 1 is 1.60 bits per heavy atom. The molecule has 0 aromatic carbocycles. The highest BCUT2D eigenvalue weighted by Crippen LogP contribution is 2.09. The first-order valence-corrected chi connectivity index (χ1v) is 2.77. The lowest BCUT2D eigenvalue weighted by Gasteiger charge is -1.98. The molecule has 1 aromatic heterocycles. The maximum absolute atomic E-state index is 8.37. The number of nitrogens with zero attached hydrogens (tertiary/aromatic N) is 1. The van der Waals surface area contributed by atoms with E-state index in [0.717, 1.165) is 0 Å². The van der Waals surface area contributed by atoms with E-state index in [-0.39, 0.29) is 0 Å². The molecule has 10 heavy (non-hydrogen) atoms. The third-order valence-corrected chi connectivity index (χ3v) is 1.07. The molecular weight excluding hydrogens is 132 g/mol. The van der Waals surface area contributed by atoms with Crippen LogP contribution in [0.2, 0.25) is 0 Å². The number of anilines is 1. The molecule has 0 unspecified atom stereocenters. The van der Waals surface area contributed by atoms with Crippen LogP contribution in [0.3, 0.4) is 0 Å². The fourth-order valence-electron chi connectivity index (χ4n) is 0.567. The number of hydrogen-bond acceptors (Lipinski definition) is 4. The van der Waals surface area contributed by atoms with Crippen LogP contribution < -0.4 is 10.2 Å². The van der Waals surface area contributed by atoms with Crippen molar-refractivity contribution < 1.29 is 9.94 Å². The molecule has 2 N–H and O–H groups in total. The third kappa shape index (κ3) is 1.35. The van der Waals surface area contributed by atoms with Gasteiger partial charge in [0, 0.05) is 6.07 Å². The summed E-state index contributed by atoms with van der Waals surface area (Å²) in [6.07, 6.45) is 1.47. The van der Waals surface area contributed by atoms with Crippen LogP contribution in [0.5, 0.6) is 5.88 Å². The minimum atomic E-state index is 0.527. The average molecular weight is 140 g/mol. The molecule has 0 amide bonds. The number of rotatable bonds is 2. The summed E-state index contributed by atoms with van der Waals surface area (Å²) < 4.78 is 4.79. The number of nitrogens with one attached hydrogen (secondary N) is 1. The average Bonchev–Trinajstić information content (AvgIpc) is 2.05. The second kappa shape index (κ2) is 3.03. The van der Waals surface area contributed by atoms with Gasteiger partial charge in [-0.1, -0.05) is 0 Å². The van der Waals surface area contributed by atoms with Gasteiger partial charge in [0.1, 0.15) is 0 Å². The normalized spacial score (nSPS) is 9.00. The first-order valence-electron chi connectivity index (χ1n) is 2.77. The predicted octanol–water partition coefficient (Wildman–Crippen LogP) is 0.891. The van der Waals surface area contributed by atoms with Crippen LogP contribution in [0.4, 0.5) is 5.69 Å². The van der Waals surface area contributed by atoms with Gasteiger partial charge in [0.25, 0.3) is 0 Å².